The number of carbonyl (C=O) groups excluding carboxylic acids is 1. The van der Waals surface area contributed by atoms with E-state index in [1.807, 2.05) is 4.90 Å². The molecule has 0 aromatic rings. The highest BCUT2D eigenvalue weighted by atomic mass is 16.5. The predicted octanol–water partition coefficient (Wildman–Crippen LogP) is -0.275. The number of nitrogens with zero attached hydrogens (tertiary/aromatic N) is 1. The third-order valence-corrected chi connectivity index (χ3v) is 2.89. The normalized spacial score (nSPS) is 35.5. The summed E-state index contributed by atoms with van der Waals surface area (Å²) in [6.07, 6.45) is 2.53. The Hall–Kier alpha value is -0.610. The van der Waals surface area contributed by atoms with Crippen molar-refractivity contribution in [2.75, 3.05) is 19.8 Å². The number of nitrogens with two attached hydrogens (primary N) is 1. The van der Waals surface area contributed by atoms with Crippen LogP contribution in [-0.4, -0.2) is 42.6 Å². The lowest BCUT2D eigenvalue weighted by Gasteiger charge is -2.35. The zero-order chi connectivity index (χ0) is 9.26. The molecule has 0 unspecified atom stereocenters. The summed E-state index contributed by atoms with van der Waals surface area (Å²) in [6, 6.07) is 0.236. The van der Waals surface area contributed by atoms with Crippen LogP contribution in [0, 0.1) is 0 Å². The van der Waals surface area contributed by atoms with Gasteiger partial charge in [0.15, 0.2) is 0 Å². The van der Waals surface area contributed by atoms with Gasteiger partial charge in [-0.15, -0.1) is 0 Å². The molecule has 0 bridgehead atoms. The summed E-state index contributed by atoms with van der Waals surface area (Å²) in [5, 5.41) is 0. The van der Waals surface area contributed by atoms with Crippen molar-refractivity contribution in [3.05, 3.63) is 0 Å². The lowest BCUT2D eigenvalue weighted by molar-refractivity contribution is -0.132. The summed E-state index contributed by atoms with van der Waals surface area (Å²) in [5.41, 5.74) is 5.95. The van der Waals surface area contributed by atoms with E-state index >= 15 is 0 Å². The van der Waals surface area contributed by atoms with Crippen LogP contribution in [0.15, 0.2) is 0 Å². The number of amides is 1. The lowest BCUT2D eigenvalue weighted by Crippen LogP contribution is -2.53. The number of carbonyl (C=O) groups is 1. The van der Waals surface area contributed by atoms with E-state index < -0.39 is 0 Å². The van der Waals surface area contributed by atoms with E-state index in [1.54, 1.807) is 0 Å². The molecule has 1 amide bonds. The lowest BCUT2D eigenvalue weighted by atomic mass is 10.0. The SMILES string of the molecule is N[C@@H]1CCOC[C@H]1N1CCCC1=O. The van der Waals surface area contributed by atoms with Gasteiger partial charge in [-0.2, -0.15) is 0 Å². The summed E-state index contributed by atoms with van der Waals surface area (Å²) in [5.74, 6) is 0.242. The smallest absolute Gasteiger partial charge is 0.223 e. The maximum Gasteiger partial charge on any atom is 0.223 e. The monoisotopic (exact) mass is 184 g/mol. The van der Waals surface area contributed by atoms with Crippen LogP contribution in [0.5, 0.6) is 0 Å². The predicted molar refractivity (Wildman–Crippen MR) is 48.1 cm³/mol. The van der Waals surface area contributed by atoms with Crippen LogP contribution in [0.1, 0.15) is 19.3 Å². The van der Waals surface area contributed by atoms with Gasteiger partial charge < -0.3 is 15.4 Å². The molecule has 2 heterocycles. The molecule has 4 heteroatoms. The molecule has 0 saturated carbocycles. The average Bonchev–Trinajstić information content (AvgIpc) is 2.52. The van der Waals surface area contributed by atoms with E-state index in [-0.39, 0.29) is 18.0 Å². The molecule has 0 aliphatic carbocycles. The number of hydrogen-bond acceptors (Lipinski definition) is 3. The van der Waals surface area contributed by atoms with E-state index in [1.165, 1.54) is 0 Å². The maximum absolute atomic E-state index is 11.4. The largest absolute Gasteiger partial charge is 0.379 e. The summed E-state index contributed by atoms with van der Waals surface area (Å²) in [6.45, 7) is 2.22. The highest BCUT2D eigenvalue weighted by molar-refractivity contribution is 5.78. The van der Waals surface area contributed by atoms with Crippen LogP contribution in [0.3, 0.4) is 0 Å². The Kier molecular flexibility index (Phi) is 2.51. The third-order valence-electron chi connectivity index (χ3n) is 2.89. The molecular formula is C9H16N2O2. The summed E-state index contributed by atoms with van der Waals surface area (Å²) < 4.78 is 5.34. The van der Waals surface area contributed by atoms with Gasteiger partial charge in [0.2, 0.25) is 5.91 Å². The zero-order valence-electron chi connectivity index (χ0n) is 7.74. The van der Waals surface area contributed by atoms with Gasteiger partial charge in [-0.25, -0.2) is 0 Å². The fourth-order valence-corrected chi connectivity index (χ4v) is 2.08. The topological polar surface area (TPSA) is 55.6 Å². The van der Waals surface area contributed by atoms with Crippen LogP contribution in [-0.2, 0) is 9.53 Å². The molecule has 2 N–H and O–H groups in total. The van der Waals surface area contributed by atoms with Crippen LogP contribution >= 0.6 is 0 Å². The first kappa shape index (κ1) is 8.97. The average molecular weight is 184 g/mol. The van der Waals surface area contributed by atoms with Gasteiger partial charge in [0.25, 0.3) is 0 Å². The molecule has 0 radical (unpaired) electrons. The summed E-state index contributed by atoms with van der Waals surface area (Å²) >= 11 is 0. The van der Waals surface area contributed by atoms with Gasteiger partial charge in [0.05, 0.1) is 12.6 Å². The first-order valence-electron chi connectivity index (χ1n) is 4.92. The summed E-state index contributed by atoms with van der Waals surface area (Å²) in [4.78, 5) is 13.3. The van der Waals surface area contributed by atoms with Crippen molar-refractivity contribution in [3.8, 4) is 0 Å². The number of likely N-dealkylation sites (tertiary alicyclic amines) is 1. The third kappa shape index (κ3) is 1.69. The molecule has 0 aromatic heterocycles. The molecule has 74 valence electrons. The minimum Gasteiger partial charge on any atom is -0.379 e. The Morgan fingerprint density at radius 3 is 3.00 bits per heavy atom. The Labute approximate surface area is 78.0 Å². The van der Waals surface area contributed by atoms with Crippen LogP contribution in [0.4, 0.5) is 0 Å². The second kappa shape index (κ2) is 3.64. The minimum atomic E-state index is 0.107. The van der Waals surface area contributed by atoms with Gasteiger partial charge in [-0.05, 0) is 12.8 Å². The molecule has 2 rings (SSSR count). The standard InChI is InChI=1S/C9H16N2O2/c10-7-3-5-13-6-8(7)11-4-1-2-9(11)12/h7-8H,1-6,10H2/t7-,8-/m1/s1. The van der Waals surface area contributed by atoms with Gasteiger partial charge in [0, 0.05) is 25.6 Å². The fourth-order valence-electron chi connectivity index (χ4n) is 2.08. The molecule has 2 aliphatic rings. The molecule has 2 atom stereocenters. The van der Waals surface area contributed by atoms with Crippen molar-refractivity contribution >= 4 is 5.91 Å². The van der Waals surface area contributed by atoms with Crippen molar-refractivity contribution in [1.29, 1.82) is 0 Å². The highest BCUT2D eigenvalue weighted by Gasteiger charge is 2.33. The first-order valence-corrected chi connectivity index (χ1v) is 4.92. The molecule has 2 fully saturated rings. The van der Waals surface area contributed by atoms with Gasteiger partial charge in [-0.1, -0.05) is 0 Å². The highest BCUT2D eigenvalue weighted by Crippen LogP contribution is 2.19. The van der Waals surface area contributed by atoms with E-state index in [0.717, 1.165) is 26.0 Å². The van der Waals surface area contributed by atoms with E-state index in [4.69, 9.17) is 10.5 Å². The second-order valence-electron chi connectivity index (χ2n) is 3.79. The molecule has 2 aliphatic heterocycles. The Balaban J connectivity index is 2.01. The van der Waals surface area contributed by atoms with Crippen molar-refractivity contribution in [2.24, 2.45) is 5.73 Å². The van der Waals surface area contributed by atoms with E-state index in [0.29, 0.717) is 13.0 Å². The van der Waals surface area contributed by atoms with E-state index in [9.17, 15) is 4.79 Å². The van der Waals surface area contributed by atoms with Crippen LogP contribution < -0.4 is 5.73 Å². The quantitative estimate of drug-likeness (QED) is 0.610. The Bertz CT molecular complexity index is 208. The Morgan fingerprint density at radius 1 is 1.54 bits per heavy atom. The van der Waals surface area contributed by atoms with Crippen molar-refractivity contribution in [1.82, 2.24) is 4.90 Å². The fraction of sp³-hybridized carbons (Fsp3) is 0.889. The Morgan fingerprint density at radius 2 is 2.38 bits per heavy atom. The van der Waals surface area contributed by atoms with Crippen LogP contribution in [0.25, 0.3) is 0 Å². The molecule has 13 heavy (non-hydrogen) atoms. The zero-order valence-corrected chi connectivity index (χ0v) is 7.74. The second-order valence-corrected chi connectivity index (χ2v) is 3.79. The van der Waals surface area contributed by atoms with Crippen molar-refractivity contribution < 1.29 is 9.53 Å². The number of hydrogen-bond donors (Lipinski definition) is 1. The molecule has 0 spiro atoms. The molecule has 2 saturated heterocycles. The van der Waals surface area contributed by atoms with Crippen molar-refractivity contribution in [2.45, 2.75) is 31.3 Å². The number of rotatable bonds is 1. The summed E-state index contributed by atoms with van der Waals surface area (Å²) in [7, 11) is 0. The van der Waals surface area contributed by atoms with Gasteiger partial charge >= 0.3 is 0 Å². The van der Waals surface area contributed by atoms with Gasteiger partial charge in [0.1, 0.15) is 0 Å². The molecular weight excluding hydrogens is 168 g/mol. The van der Waals surface area contributed by atoms with Gasteiger partial charge in [-0.3, -0.25) is 4.79 Å². The number of ether oxygens (including phenoxy) is 1. The first-order chi connectivity index (χ1) is 6.29. The molecule has 4 nitrogen and oxygen atoms in total. The van der Waals surface area contributed by atoms with Crippen molar-refractivity contribution in [3.63, 3.8) is 0 Å². The maximum atomic E-state index is 11.4. The van der Waals surface area contributed by atoms with E-state index in [2.05, 4.69) is 0 Å². The molecule has 0 aromatic carbocycles. The minimum absolute atomic E-state index is 0.107. The van der Waals surface area contributed by atoms with Crippen LogP contribution in [0.2, 0.25) is 0 Å².